The van der Waals surface area contributed by atoms with E-state index in [-0.39, 0.29) is 12.3 Å². The van der Waals surface area contributed by atoms with E-state index in [9.17, 15) is 26.3 Å². The lowest BCUT2D eigenvalue weighted by atomic mass is 10.1. The highest BCUT2D eigenvalue weighted by atomic mass is 19.4. The summed E-state index contributed by atoms with van der Waals surface area (Å²) in [7, 11) is 0. The van der Waals surface area contributed by atoms with Crippen LogP contribution in [0.25, 0.3) is 11.0 Å². The van der Waals surface area contributed by atoms with E-state index in [4.69, 9.17) is 0 Å². The number of rotatable bonds is 6. The summed E-state index contributed by atoms with van der Waals surface area (Å²) >= 11 is 0. The summed E-state index contributed by atoms with van der Waals surface area (Å²) in [4.78, 5) is 8.17. The number of fused-ring (bicyclic) bond motifs is 1. The first-order valence-electron chi connectivity index (χ1n) is 9.05. The Morgan fingerprint density at radius 2 is 1.78 bits per heavy atom. The fourth-order valence-electron chi connectivity index (χ4n) is 2.97. The molecule has 0 unspecified atom stereocenters. The topological polar surface area (TPSA) is 64.9 Å². The van der Waals surface area contributed by atoms with Gasteiger partial charge in [-0.25, -0.2) is 23.1 Å². The third kappa shape index (κ3) is 4.90. The van der Waals surface area contributed by atoms with Crippen LogP contribution in [0.15, 0.2) is 55.0 Å². The lowest BCUT2D eigenvalue weighted by Crippen LogP contribution is -2.16. The number of alkyl halides is 5. The van der Waals surface area contributed by atoms with Crippen LogP contribution < -0.4 is 10.1 Å². The predicted molar refractivity (Wildman–Crippen MR) is 102 cm³/mol. The van der Waals surface area contributed by atoms with Crippen LogP contribution in [0.4, 0.5) is 37.8 Å². The van der Waals surface area contributed by atoms with Crippen LogP contribution in [-0.4, -0.2) is 26.1 Å². The Morgan fingerprint density at radius 1 is 1.03 bits per heavy atom. The third-order valence-electron chi connectivity index (χ3n) is 4.36. The molecular formula is C20H13F6N5O. The van der Waals surface area contributed by atoms with Gasteiger partial charge in [0.05, 0.1) is 17.5 Å². The maximum absolute atomic E-state index is 13.8. The fourth-order valence-corrected chi connectivity index (χ4v) is 2.97. The largest absolute Gasteiger partial charge is 0.573 e. The van der Waals surface area contributed by atoms with Crippen molar-refractivity contribution in [1.82, 2.24) is 19.7 Å². The zero-order valence-corrected chi connectivity index (χ0v) is 15.9. The van der Waals surface area contributed by atoms with Gasteiger partial charge in [0.25, 0.3) is 6.43 Å². The molecule has 0 saturated heterocycles. The third-order valence-corrected chi connectivity index (χ3v) is 4.36. The van der Waals surface area contributed by atoms with E-state index in [1.54, 1.807) is 6.20 Å². The van der Waals surface area contributed by atoms with Gasteiger partial charge in [-0.2, -0.15) is 5.10 Å². The Bertz CT molecular complexity index is 1240. The van der Waals surface area contributed by atoms with Gasteiger partial charge in [0.15, 0.2) is 5.65 Å². The van der Waals surface area contributed by atoms with Gasteiger partial charge in [0.2, 0.25) is 0 Å². The molecule has 166 valence electrons. The number of ether oxygens (including phenoxy) is 1. The van der Waals surface area contributed by atoms with E-state index in [0.29, 0.717) is 28.1 Å². The number of nitrogens with one attached hydrogen (secondary N) is 1. The normalized spacial score (nSPS) is 11.8. The van der Waals surface area contributed by atoms with E-state index in [1.807, 2.05) is 0 Å². The van der Waals surface area contributed by atoms with Crippen molar-refractivity contribution in [1.29, 1.82) is 0 Å². The van der Waals surface area contributed by atoms with Gasteiger partial charge in [0, 0.05) is 11.9 Å². The standard InChI is InChI=1S/C20H13F6N5O/c21-16-7-11(1-6-14(16)17(22)23)8-31-9-15-18(27-10-28-19(15)30-31)29-12-2-4-13(5-3-12)32-20(24,25)26/h1-7,9-10,17H,8H2,(H,27,28,29,30). The molecule has 0 amide bonds. The SMILES string of the molecule is Fc1cc(Cn2cc3c(Nc4ccc(OC(F)(F)F)cc4)ncnc3n2)ccc1C(F)F. The molecule has 4 aromatic rings. The number of hydrogen-bond acceptors (Lipinski definition) is 5. The van der Waals surface area contributed by atoms with Crippen molar-refractivity contribution in [3.63, 3.8) is 0 Å². The minimum absolute atomic E-state index is 0.0969. The summed E-state index contributed by atoms with van der Waals surface area (Å²) < 4.78 is 81.4. The predicted octanol–water partition coefficient (Wildman–Crippen LogP) is 5.59. The molecule has 2 aromatic heterocycles. The summed E-state index contributed by atoms with van der Waals surface area (Å²) in [6, 6.07) is 8.48. The molecular weight excluding hydrogens is 440 g/mol. The summed E-state index contributed by atoms with van der Waals surface area (Å²) in [5.74, 6) is -1.03. The quantitative estimate of drug-likeness (QED) is 0.386. The molecule has 0 bridgehead atoms. The van der Waals surface area contributed by atoms with Crippen molar-refractivity contribution in [3.05, 3.63) is 71.9 Å². The first kappa shape index (κ1) is 21.4. The number of halogens is 6. The Balaban J connectivity index is 1.54. The Hall–Kier alpha value is -3.83. The van der Waals surface area contributed by atoms with Gasteiger partial charge < -0.3 is 10.1 Å². The number of hydrogen-bond donors (Lipinski definition) is 1. The molecule has 32 heavy (non-hydrogen) atoms. The maximum Gasteiger partial charge on any atom is 0.573 e. The Labute approximate surface area is 176 Å². The lowest BCUT2D eigenvalue weighted by Gasteiger charge is -2.10. The second-order valence-corrected chi connectivity index (χ2v) is 6.64. The molecule has 2 aromatic carbocycles. The fraction of sp³-hybridized carbons (Fsp3) is 0.150. The molecule has 0 atom stereocenters. The van der Waals surface area contributed by atoms with E-state index in [2.05, 4.69) is 25.1 Å². The molecule has 6 nitrogen and oxygen atoms in total. The molecule has 0 aliphatic rings. The van der Waals surface area contributed by atoms with Crippen molar-refractivity contribution in [2.75, 3.05) is 5.32 Å². The summed E-state index contributed by atoms with van der Waals surface area (Å²) in [5, 5.41) is 7.71. The molecule has 12 heteroatoms. The van der Waals surface area contributed by atoms with Gasteiger partial charge in [-0.1, -0.05) is 12.1 Å². The zero-order chi connectivity index (χ0) is 22.9. The van der Waals surface area contributed by atoms with E-state index < -0.39 is 24.2 Å². The van der Waals surface area contributed by atoms with E-state index in [1.165, 1.54) is 29.2 Å². The Morgan fingerprint density at radius 3 is 2.44 bits per heavy atom. The van der Waals surface area contributed by atoms with E-state index in [0.717, 1.165) is 24.3 Å². The van der Waals surface area contributed by atoms with Crippen molar-refractivity contribution in [3.8, 4) is 5.75 Å². The van der Waals surface area contributed by atoms with E-state index >= 15 is 0 Å². The van der Waals surface area contributed by atoms with Crippen LogP contribution >= 0.6 is 0 Å². The highest BCUT2D eigenvalue weighted by molar-refractivity contribution is 5.87. The minimum Gasteiger partial charge on any atom is -0.406 e. The van der Waals surface area contributed by atoms with Crippen LogP contribution in [0.1, 0.15) is 17.6 Å². The average molecular weight is 453 g/mol. The van der Waals surface area contributed by atoms with Gasteiger partial charge in [-0.15, -0.1) is 13.2 Å². The highest BCUT2D eigenvalue weighted by Crippen LogP contribution is 2.27. The smallest absolute Gasteiger partial charge is 0.406 e. The maximum atomic E-state index is 13.8. The van der Waals surface area contributed by atoms with Gasteiger partial charge >= 0.3 is 6.36 Å². The summed E-state index contributed by atoms with van der Waals surface area (Å²) in [6.07, 6.45) is -4.86. The molecule has 0 radical (unpaired) electrons. The number of benzene rings is 2. The van der Waals surface area contributed by atoms with Crippen molar-refractivity contribution in [2.24, 2.45) is 0 Å². The second-order valence-electron chi connectivity index (χ2n) is 6.64. The molecule has 0 fully saturated rings. The highest BCUT2D eigenvalue weighted by Gasteiger charge is 2.31. The molecule has 1 N–H and O–H groups in total. The average Bonchev–Trinajstić information content (AvgIpc) is 3.11. The van der Waals surface area contributed by atoms with Crippen LogP contribution in [0.3, 0.4) is 0 Å². The molecule has 4 rings (SSSR count). The Kier molecular flexibility index (Phi) is 5.59. The monoisotopic (exact) mass is 453 g/mol. The van der Waals surface area contributed by atoms with Gasteiger partial charge in [0.1, 0.15) is 23.7 Å². The van der Waals surface area contributed by atoms with Crippen LogP contribution in [0.5, 0.6) is 5.75 Å². The van der Waals surface area contributed by atoms with Gasteiger partial charge in [-0.05, 0) is 35.9 Å². The number of anilines is 2. The summed E-state index contributed by atoms with van der Waals surface area (Å²) in [5.41, 5.74) is 0.493. The first-order chi connectivity index (χ1) is 15.2. The number of nitrogens with zero attached hydrogens (tertiary/aromatic N) is 4. The second kappa shape index (κ2) is 8.36. The molecule has 0 spiro atoms. The van der Waals surface area contributed by atoms with Crippen LogP contribution in [-0.2, 0) is 6.54 Å². The zero-order valence-electron chi connectivity index (χ0n) is 15.9. The molecule has 0 aliphatic heterocycles. The van der Waals surface area contributed by atoms with Crippen molar-refractivity contribution >= 4 is 22.5 Å². The molecule has 2 heterocycles. The van der Waals surface area contributed by atoms with Crippen molar-refractivity contribution < 1.29 is 31.1 Å². The minimum atomic E-state index is -4.79. The number of aromatic nitrogens is 4. The molecule has 0 saturated carbocycles. The lowest BCUT2D eigenvalue weighted by molar-refractivity contribution is -0.274. The van der Waals surface area contributed by atoms with Crippen LogP contribution in [0, 0.1) is 5.82 Å². The van der Waals surface area contributed by atoms with Gasteiger partial charge in [-0.3, -0.25) is 4.68 Å². The van der Waals surface area contributed by atoms with Crippen molar-refractivity contribution in [2.45, 2.75) is 19.3 Å². The summed E-state index contributed by atoms with van der Waals surface area (Å²) in [6.45, 7) is 0.0969. The molecule has 0 aliphatic carbocycles. The first-order valence-corrected chi connectivity index (χ1v) is 9.05. The van der Waals surface area contributed by atoms with Crippen LogP contribution in [0.2, 0.25) is 0 Å².